The van der Waals surface area contributed by atoms with Crippen molar-refractivity contribution >= 4 is 29.4 Å². The number of carbonyl (C=O) groups excluding carboxylic acids is 2. The van der Waals surface area contributed by atoms with E-state index < -0.39 is 18.1 Å². The summed E-state index contributed by atoms with van der Waals surface area (Å²) in [6.07, 6.45) is 0.251. The fourth-order valence-electron chi connectivity index (χ4n) is 3.84. The summed E-state index contributed by atoms with van der Waals surface area (Å²) in [6.45, 7) is 0.535. The first kappa shape index (κ1) is 21.8. The number of nitrogens with two attached hydrogens (primary N) is 1. The molecule has 10 heteroatoms. The van der Waals surface area contributed by atoms with Crippen molar-refractivity contribution in [2.24, 2.45) is 0 Å². The molecule has 2 heterocycles. The zero-order valence-corrected chi connectivity index (χ0v) is 17.9. The molecule has 2 amide bonds. The molecule has 9 nitrogen and oxygen atoms in total. The molecule has 0 radical (unpaired) electrons. The molecule has 0 aliphatic carbocycles. The monoisotopic (exact) mass is 454 g/mol. The van der Waals surface area contributed by atoms with Gasteiger partial charge >= 0.3 is 0 Å². The molecule has 4 N–H and O–H groups in total. The van der Waals surface area contributed by atoms with E-state index in [1.54, 1.807) is 23.1 Å². The highest BCUT2D eigenvalue weighted by molar-refractivity contribution is 6.31. The second-order valence-corrected chi connectivity index (χ2v) is 8.06. The van der Waals surface area contributed by atoms with Crippen molar-refractivity contribution in [3.8, 4) is 0 Å². The number of aliphatic hydroxyl groups is 1. The molecular formula is C22H23ClN6O3. The summed E-state index contributed by atoms with van der Waals surface area (Å²) in [4.78, 5) is 31.0. The van der Waals surface area contributed by atoms with Gasteiger partial charge in [-0.15, -0.1) is 5.10 Å². The number of nitrogen functional groups attached to an aromatic ring is 1. The third kappa shape index (κ3) is 4.90. The zero-order valence-electron chi connectivity index (χ0n) is 17.2. The summed E-state index contributed by atoms with van der Waals surface area (Å²) in [7, 11) is 0. The maximum Gasteiger partial charge on any atom is 0.252 e. The van der Waals surface area contributed by atoms with Crippen LogP contribution in [0.1, 0.15) is 22.7 Å². The smallest absolute Gasteiger partial charge is 0.252 e. The van der Waals surface area contributed by atoms with E-state index in [0.717, 1.165) is 11.1 Å². The minimum absolute atomic E-state index is 0.0497. The Balaban J connectivity index is 1.48. The molecule has 1 aliphatic rings. The second kappa shape index (κ2) is 9.37. The number of hydrogen-bond acceptors (Lipinski definition) is 6. The van der Waals surface area contributed by atoms with Crippen molar-refractivity contribution in [1.29, 1.82) is 0 Å². The zero-order chi connectivity index (χ0) is 22.7. The van der Waals surface area contributed by atoms with Crippen LogP contribution in [-0.2, 0) is 29.1 Å². The SMILES string of the molecule is Nc1ncn(CC(=O)NC2CN(C(=O)C(O)Cc3ccccc3Cl)Cc3ccccc32)n1. The highest BCUT2D eigenvalue weighted by atomic mass is 35.5. The Morgan fingerprint density at radius 3 is 2.72 bits per heavy atom. The number of rotatable bonds is 6. The summed E-state index contributed by atoms with van der Waals surface area (Å²) in [5.74, 6) is -0.617. The Hall–Kier alpha value is -3.43. The van der Waals surface area contributed by atoms with Crippen molar-refractivity contribution in [1.82, 2.24) is 25.0 Å². The van der Waals surface area contributed by atoms with Crippen LogP contribution in [0.4, 0.5) is 5.95 Å². The Labute approximate surface area is 189 Å². The summed E-state index contributed by atoms with van der Waals surface area (Å²) >= 11 is 6.17. The van der Waals surface area contributed by atoms with Gasteiger partial charge < -0.3 is 21.1 Å². The lowest BCUT2D eigenvalue weighted by Crippen LogP contribution is -2.48. The fourth-order valence-corrected chi connectivity index (χ4v) is 4.05. The molecule has 0 spiro atoms. The molecule has 0 saturated heterocycles. The van der Waals surface area contributed by atoms with Gasteiger partial charge in [-0.05, 0) is 22.8 Å². The molecule has 2 aromatic carbocycles. The molecule has 3 aromatic rings. The van der Waals surface area contributed by atoms with Crippen LogP contribution in [0.5, 0.6) is 0 Å². The van der Waals surface area contributed by atoms with Crippen molar-refractivity contribution in [2.75, 3.05) is 12.3 Å². The highest BCUT2D eigenvalue weighted by Crippen LogP contribution is 2.27. The van der Waals surface area contributed by atoms with Gasteiger partial charge in [0.05, 0.1) is 6.04 Å². The van der Waals surface area contributed by atoms with Crippen molar-refractivity contribution < 1.29 is 14.7 Å². The Morgan fingerprint density at radius 1 is 1.22 bits per heavy atom. The predicted molar refractivity (Wildman–Crippen MR) is 118 cm³/mol. The maximum atomic E-state index is 13.0. The number of hydrogen-bond donors (Lipinski definition) is 3. The summed E-state index contributed by atoms with van der Waals surface area (Å²) in [5.41, 5.74) is 8.04. The lowest BCUT2D eigenvalue weighted by atomic mass is 9.94. The van der Waals surface area contributed by atoms with E-state index in [2.05, 4.69) is 15.4 Å². The number of nitrogens with one attached hydrogen (secondary N) is 1. The molecule has 1 aliphatic heterocycles. The van der Waals surface area contributed by atoms with Crippen LogP contribution < -0.4 is 11.1 Å². The Morgan fingerprint density at radius 2 is 1.97 bits per heavy atom. The third-order valence-corrected chi connectivity index (χ3v) is 5.73. The number of aliphatic hydroxyl groups excluding tert-OH is 1. The van der Waals surface area contributed by atoms with Crippen LogP contribution in [0.15, 0.2) is 54.9 Å². The first-order valence-electron chi connectivity index (χ1n) is 10.1. The second-order valence-electron chi connectivity index (χ2n) is 7.65. The first-order valence-corrected chi connectivity index (χ1v) is 10.5. The lowest BCUT2D eigenvalue weighted by Gasteiger charge is -2.36. The molecule has 1 aromatic heterocycles. The minimum Gasteiger partial charge on any atom is -0.383 e. The summed E-state index contributed by atoms with van der Waals surface area (Å²) in [6, 6.07) is 14.3. The standard InChI is InChI=1S/C22H23ClN6O3/c23-17-8-4-2-5-14(17)9-19(30)21(32)28-10-15-6-1-3-7-16(15)18(11-28)26-20(31)12-29-13-25-22(24)27-29/h1-8,13,18-19,30H,9-12H2,(H2,24,27)(H,26,31). The molecule has 0 fully saturated rings. The van der Waals surface area contributed by atoms with Crippen LogP contribution in [0.2, 0.25) is 5.02 Å². The van der Waals surface area contributed by atoms with Gasteiger partial charge in [-0.2, -0.15) is 0 Å². The van der Waals surface area contributed by atoms with Crippen LogP contribution in [0.3, 0.4) is 0 Å². The normalized spacial score (nSPS) is 16.3. The highest BCUT2D eigenvalue weighted by Gasteiger charge is 2.32. The molecule has 4 rings (SSSR count). The Kier molecular flexibility index (Phi) is 6.38. The molecular weight excluding hydrogens is 432 g/mol. The quantitative estimate of drug-likeness (QED) is 0.515. The van der Waals surface area contributed by atoms with Gasteiger partial charge in [0, 0.05) is 24.5 Å². The number of benzene rings is 2. The van der Waals surface area contributed by atoms with E-state index in [1.165, 1.54) is 11.0 Å². The molecule has 2 unspecified atom stereocenters. The maximum absolute atomic E-state index is 13.0. The van der Waals surface area contributed by atoms with Gasteiger partial charge in [0.2, 0.25) is 11.9 Å². The topological polar surface area (TPSA) is 126 Å². The average molecular weight is 455 g/mol. The van der Waals surface area contributed by atoms with Crippen LogP contribution in [0.25, 0.3) is 0 Å². The minimum atomic E-state index is -1.24. The molecule has 0 bridgehead atoms. The van der Waals surface area contributed by atoms with E-state index >= 15 is 0 Å². The number of carbonyl (C=O) groups is 2. The van der Waals surface area contributed by atoms with Crippen LogP contribution in [-0.4, -0.2) is 49.2 Å². The van der Waals surface area contributed by atoms with Crippen molar-refractivity contribution in [3.05, 3.63) is 76.6 Å². The van der Waals surface area contributed by atoms with E-state index in [1.807, 2.05) is 30.3 Å². The van der Waals surface area contributed by atoms with E-state index in [9.17, 15) is 14.7 Å². The predicted octanol–water partition coefficient (Wildman–Crippen LogP) is 1.32. The molecule has 32 heavy (non-hydrogen) atoms. The average Bonchev–Trinajstić information content (AvgIpc) is 3.18. The number of anilines is 1. The summed E-state index contributed by atoms with van der Waals surface area (Å²) in [5, 5.41) is 18.0. The van der Waals surface area contributed by atoms with Crippen molar-refractivity contribution in [2.45, 2.75) is 31.7 Å². The summed E-state index contributed by atoms with van der Waals surface area (Å²) < 4.78 is 1.34. The molecule has 0 saturated carbocycles. The number of nitrogens with zero attached hydrogens (tertiary/aromatic N) is 4. The number of aromatic nitrogens is 3. The van der Waals surface area contributed by atoms with Crippen LogP contribution in [0, 0.1) is 0 Å². The van der Waals surface area contributed by atoms with Crippen LogP contribution >= 0.6 is 11.6 Å². The number of amides is 2. The van der Waals surface area contributed by atoms with Crippen molar-refractivity contribution in [3.63, 3.8) is 0 Å². The van der Waals surface area contributed by atoms with Gasteiger partial charge in [-0.25, -0.2) is 9.67 Å². The molecule has 2 atom stereocenters. The fraction of sp³-hybridized carbons (Fsp3) is 0.273. The number of halogens is 1. The third-order valence-electron chi connectivity index (χ3n) is 5.36. The lowest BCUT2D eigenvalue weighted by molar-refractivity contribution is -0.142. The first-order chi connectivity index (χ1) is 15.4. The van der Waals surface area contributed by atoms with Gasteiger partial charge in [0.15, 0.2) is 0 Å². The van der Waals surface area contributed by atoms with E-state index in [0.29, 0.717) is 17.1 Å². The van der Waals surface area contributed by atoms with E-state index in [-0.39, 0.29) is 31.4 Å². The van der Waals surface area contributed by atoms with Gasteiger partial charge in [0.25, 0.3) is 5.91 Å². The van der Waals surface area contributed by atoms with Gasteiger partial charge in [-0.1, -0.05) is 54.1 Å². The molecule has 166 valence electrons. The Bertz CT molecular complexity index is 1130. The van der Waals surface area contributed by atoms with Gasteiger partial charge in [0.1, 0.15) is 19.0 Å². The van der Waals surface area contributed by atoms with Gasteiger partial charge in [-0.3, -0.25) is 9.59 Å². The number of fused-ring (bicyclic) bond motifs is 1. The van der Waals surface area contributed by atoms with E-state index in [4.69, 9.17) is 17.3 Å². The largest absolute Gasteiger partial charge is 0.383 e.